The van der Waals surface area contributed by atoms with Gasteiger partial charge in [-0.1, -0.05) is 0 Å². The lowest BCUT2D eigenvalue weighted by atomic mass is 10.3. The van der Waals surface area contributed by atoms with Gasteiger partial charge in [0.15, 0.2) is 5.13 Å². The molecule has 2 N–H and O–H groups in total. The molecule has 1 saturated heterocycles. The fourth-order valence-corrected chi connectivity index (χ4v) is 2.55. The number of hydrogen-bond acceptors (Lipinski definition) is 7. The van der Waals surface area contributed by atoms with Gasteiger partial charge in [-0.05, 0) is 6.92 Å². The molecule has 1 aliphatic rings. The molecule has 1 unspecified atom stereocenters. The van der Waals surface area contributed by atoms with Crippen molar-refractivity contribution in [2.45, 2.75) is 19.4 Å². The van der Waals surface area contributed by atoms with E-state index < -0.39 is 11.8 Å². The van der Waals surface area contributed by atoms with Gasteiger partial charge < -0.3 is 10.5 Å². The van der Waals surface area contributed by atoms with Crippen molar-refractivity contribution in [2.75, 3.05) is 18.1 Å². The lowest BCUT2D eigenvalue weighted by Gasteiger charge is -2.10. The van der Waals surface area contributed by atoms with Crippen molar-refractivity contribution in [3.63, 3.8) is 0 Å². The lowest BCUT2D eigenvalue weighted by Crippen LogP contribution is -2.28. The number of ketones is 1. The number of anilines is 1. The van der Waals surface area contributed by atoms with Crippen LogP contribution in [-0.2, 0) is 14.3 Å². The second kappa shape index (κ2) is 5.45. The SMILES string of the molecule is CCOC(=O)C(=O)c1csc(N2CC(N)CC2=O)n1. The zero-order valence-corrected chi connectivity index (χ0v) is 11.1. The highest BCUT2D eigenvalue weighted by molar-refractivity contribution is 7.14. The molecule has 0 radical (unpaired) electrons. The van der Waals surface area contributed by atoms with Crippen LogP contribution >= 0.6 is 11.3 Å². The van der Waals surface area contributed by atoms with E-state index in [1.807, 2.05) is 0 Å². The molecule has 0 saturated carbocycles. The summed E-state index contributed by atoms with van der Waals surface area (Å²) < 4.78 is 4.61. The first-order valence-corrected chi connectivity index (χ1v) is 6.63. The van der Waals surface area contributed by atoms with Gasteiger partial charge in [0.25, 0.3) is 5.78 Å². The van der Waals surface area contributed by atoms with Gasteiger partial charge in [-0.2, -0.15) is 0 Å². The van der Waals surface area contributed by atoms with Gasteiger partial charge in [-0.3, -0.25) is 14.5 Å². The first kappa shape index (κ1) is 13.6. The minimum atomic E-state index is -0.941. The molecular formula is C11H13N3O4S. The van der Waals surface area contributed by atoms with E-state index in [2.05, 4.69) is 9.72 Å². The van der Waals surface area contributed by atoms with Crippen LogP contribution in [0.25, 0.3) is 0 Å². The number of thiazole rings is 1. The number of carbonyl (C=O) groups excluding carboxylic acids is 3. The molecule has 8 heteroatoms. The minimum Gasteiger partial charge on any atom is -0.460 e. The quantitative estimate of drug-likeness (QED) is 0.472. The maximum absolute atomic E-state index is 11.7. The smallest absolute Gasteiger partial charge is 0.381 e. The second-order valence-electron chi connectivity index (χ2n) is 4.03. The standard InChI is InChI=1S/C11H13N3O4S/c1-2-18-10(17)9(16)7-5-19-11(13-7)14-4-6(12)3-8(14)15/h5-6H,2-4,12H2,1H3. The highest BCUT2D eigenvalue weighted by Gasteiger charge is 2.31. The van der Waals surface area contributed by atoms with Gasteiger partial charge in [0.05, 0.1) is 6.61 Å². The van der Waals surface area contributed by atoms with Crippen LogP contribution in [0.4, 0.5) is 5.13 Å². The van der Waals surface area contributed by atoms with E-state index in [1.54, 1.807) is 6.92 Å². The van der Waals surface area contributed by atoms with E-state index in [-0.39, 0.29) is 30.7 Å². The number of esters is 1. The summed E-state index contributed by atoms with van der Waals surface area (Å²) in [7, 11) is 0. The number of aromatic nitrogens is 1. The van der Waals surface area contributed by atoms with Crippen molar-refractivity contribution >= 4 is 34.1 Å². The molecule has 2 rings (SSSR count). The third-order valence-corrected chi connectivity index (χ3v) is 3.43. The van der Waals surface area contributed by atoms with E-state index in [9.17, 15) is 14.4 Å². The van der Waals surface area contributed by atoms with Crippen molar-refractivity contribution in [1.29, 1.82) is 0 Å². The Labute approximate surface area is 113 Å². The minimum absolute atomic E-state index is 0.00767. The molecule has 1 fully saturated rings. The number of carbonyl (C=O) groups is 3. The molecule has 1 aromatic rings. The van der Waals surface area contributed by atoms with Crippen LogP contribution in [0.15, 0.2) is 5.38 Å². The Kier molecular flexibility index (Phi) is 3.91. The van der Waals surface area contributed by atoms with Crippen LogP contribution in [0.2, 0.25) is 0 Å². The van der Waals surface area contributed by atoms with Crippen LogP contribution in [0, 0.1) is 0 Å². The molecule has 0 spiro atoms. The van der Waals surface area contributed by atoms with Crippen molar-refractivity contribution in [3.05, 3.63) is 11.1 Å². The third kappa shape index (κ3) is 2.79. The van der Waals surface area contributed by atoms with Crippen LogP contribution in [-0.4, -0.2) is 41.8 Å². The third-order valence-electron chi connectivity index (χ3n) is 2.57. The predicted molar refractivity (Wildman–Crippen MR) is 68.0 cm³/mol. The largest absolute Gasteiger partial charge is 0.460 e. The Morgan fingerprint density at radius 2 is 2.37 bits per heavy atom. The molecule has 0 aliphatic carbocycles. The van der Waals surface area contributed by atoms with Crippen LogP contribution in [0.1, 0.15) is 23.8 Å². The van der Waals surface area contributed by atoms with Gasteiger partial charge in [0, 0.05) is 24.4 Å². The first-order chi connectivity index (χ1) is 9.02. The summed E-state index contributed by atoms with van der Waals surface area (Å²) in [6.07, 6.45) is 0.265. The first-order valence-electron chi connectivity index (χ1n) is 5.75. The average molecular weight is 283 g/mol. The van der Waals surface area contributed by atoms with Crippen molar-refractivity contribution in [1.82, 2.24) is 4.98 Å². The lowest BCUT2D eigenvalue weighted by molar-refractivity contribution is -0.137. The molecule has 1 aliphatic heterocycles. The van der Waals surface area contributed by atoms with Gasteiger partial charge in [-0.15, -0.1) is 11.3 Å². The molecule has 1 atom stereocenters. The molecule has 1 amide bonds. The normalized spacial score (nSPS) is 18.7. The molecule has 2 heterocycles. The Morgan fingerprint density at radius 1 is 1.63 bits per heavy atom. The van der Waals surface area contributed by atoms with E-state index in [0.29, 0.717) is 11.7 Å². The van der Waals surface area contributed by atoms with Gasteiger partial charge >= 0.3 is 5.97 Å². The monoisotopic (exact) mass is 283 g/mol. The van der Waals surface area contributed by atoms with Crippen LogP contribution in [0.5, 0.6) is 0 Å². The summed E-state index contributed by atoms with van der Waals surface area (Å²) in [6.45, 7) is 2.11. The Balaban J connectivity index is 2.13. The van der Waals surface area contributed by atoms with Gasteiger partial charge in [0.1, 0.15) is 5.69 Å². The van der Waals surface area contributed by atoms with Gasteiger partial charge in [-0.25, -0.2) is 9.78 Å². The number of amides is 1. The molecule has 102 valence electrons. The number of hydrogen-bond donors (Lipinski definition) is 1. The summed E-state index contributed by atoms with van der Waals surface area (Å²) in [5.41, 5.74) is 5.67. The fraction of sp³-hybridized carbons (Fsp3) is 0.455. The molecule has 0 bridgehead atoms. The fourth-order valence-electron chi connectivity index (χ4n) is 1.71. The van der Waals surface area contributed by atoms with Crippen molar-refractivity contribution in [3.8, 4) is 0 Å². The number of Topliss-reactive ketones (excluding diaryl/α,β-unsaturated/α-hetero) is 1. The predicted octanol–water partition coefficient (Wildman–Crippen LogP) is -0.0471. The molecule has 7 nitrogen and oxygen atoms in total. The van der Waals surface area contributed by atoms with Gasteiger partial charge in [0.2, 0.25) is 5.91 Å². The molecular weight excluding hydrogens is 270 g/mol. The van der Waals surface area contributed by atoms with E-state index in [0.717, 1.165) is 11.3 Å². The maximum atomic E-state index is 11.7. The molecule has 0 aromatic carbocycles. The number of nitrogens with two attached hydrogens (primary N) is 1. The Bertz CT molecular complexity index is 528. The Hall–Kier alpha value is -1.80. The number of nitrogens with zero attached hydrogens (tertiary/aromatic N) is 2. The average Bonchev–Trinajstić information content (AvgIpc) is 2.95. The topological polar surface area (TPSA) is 103 Å². The Morgan fingerprint density at radius 3 is 2.95 bits per heavy atom. The highest BCUT2D eigenvalue weighted by atomic mass is 32.1. The summed E-state index contributed by atoms with van der Waals surface area (Å²) in [5, 5.41) is 1.82. The van der Waals surface area contributed by atoms with Crippen LogP contribution in [0.3, 0.4) is 0 Å². The highest BCUT2D eigenvalue weighted by Crippen LogP contribution is 2.25. The van der Waals surface area contributed by atoms with Crippen molar-refractivity contribution in [2.24, 2.45) is 5.73 Å². The summed E-state index contributed by atoms with van der Waals surface area (Å²) in [6, 6.07) is -0.222. The second-order valence-corrected chi connectivity index (χ2v) is 4.87. The maximum Gasteiger partial charge on any atom is 0.381 e. The summed E-state index contributed by atoms with van der Waals surface area (Å²) in [4.78, 5) is 40.0. The summed E-state index contributed by atoms with van der Waals surface area (Å²) in [5.74, 6) is -1.87. The van der Waals surface area contributed by atoms with Crippen LogP contribution < -0.4 is 10.6 Å². The molecule has 1 aromatic heterocycles. The molecule has 19 heavy (non-hydrogen) atoms. The van der Waals surface area contributed by atoms with E-state index in [1.165, 1.54) is 10.3 Å². The number of ether oxygens (including phenoxy) is 1. The van der Waals surface area contributed by atoms with Crippen molar-refractivity contribution < 1.29 is 19.1 Å². The number of rotatable bonds is 4. The zero-order valence-electron chi connectivity index (χ0n) is 10.3. The van der Waals surface area contributed by atoms with E-state index in [4.69, 9.17) is 5.73 Å². The zero-order chi connectivity index (χ0) is 14.0. The van der Waals surface area contributed by atoms with E-state index >= 15 is 0 Å². The summed E-state index contributed by atoms with van der Waals surface area (Å²) >= 11 is 1.13.